The van der Waals surface area contributed by atoms with Crippen LogP contribution in [0.25, 0.3) is 0 Å². The molecule has 1 aromatic rings. The number of halogens is 2. The van der Waals surface area contributed by atoms with Gasteiger partial charge in [-0.1, -0.05) is 64.3 Å². The Balaban J connectivity index is 1.62. The molecular formula is C36H52Cl2N6O6. The van der Waals surface area contributed by atoms with Crippen molar-refractivity contribution in [3.05, 3.63) is 35.4 Å². The first-order valence-corrected chi connectivity index (χ1v) is 18.3. The summed E-state index contributed by atoms with van der Waals surface area (Å²) in [5, 5.41) is 11.3. The summed E-state index contributed by atoms with van der Waals surface area (Å²) in [6, 6.07) is 2.74. The number of hydrogen-bond acceptors (Lipinski definition) is 6. The lowest BCUT2D eigenvalue weighted by Gasteiger charge is -2.36. The molecule has 3 aliphatic rings. The highest BCUT2D eigenvalue weighted by Crippen LogP contribution is 2.36. The summed E-state index contributed by atoms with van der Waals surface area (Å²) in [6.07, 6.45) is 4.28. The van der Waals surface area contributed by atoms with Crippen molar-refractivity contribution in [3.8, 4) is 0 Å². The number of rotatable bonds is 12. The molecular weight excluding hydrogens is 683 g/mol. The fourth-order valence-electron chi connectivity index (χ4n) is 7.20. The summed E-state index contributed by atoms with van der Waals surface area (Å²) >= 11 is 12.7. The largest absolute Gasteiger partial charge is 0.363 e. The van der Waals surface area contributed by atoms with Gasteiger partial charge in [0.25, 0.3) is 5.91 Å². The van der Waals surface area contributed by atoms with Gasteiger partial charge in [0, 0.05) is 18.0 Å². The molecule has 12 nitrogen and oxygen atoms in total. The van der Waals surface area contributed by atoms with Gasteiger partial charge in [0.15, 0.2) is 0 Å². The second-order valence-corrected chi connectivity index (χ2v) is 17.3. The Morgan fingerprint density at radius 1 is 0.900 bits per heavy atom. The molecule has 5 atom stereocenters. The molecule has 276 valence electrons. The van der Waals surface area contributed by atoms with Crippen LogP contribution in [-0.2, 0) is 36.8 Å². The van der Waals surface area contributed by atoms with Gasteiger partial charge in [-0.2, -0.15) is 0 Å². The summed E-state index contributed by atoms with van der Waals surface area (Å²) in [5.74, 6) is -4.50. The first-order valence-electron chi connectivity index (χ1n) is 17.4. The Kier molecular flexibility index (Phi) is 12.5. The molecule has 0 bridgehead atoms. The first-order chi connectivity index (χ1) is 23.3. The molecule has 1 heterocycles. The number of fused-ring (bicyclic) bond motifs is 1. The number of primary amides is 1. The van der Waals surface area contributed by atoms with Crippen molar-refractivity contribution >= 4 is 58.6 Å². The van der Waals surface area contributed by atoms with Crippen LogP contribution in [0.1, 0.15) is 84.8 Å². The number of nitrogens with two attached hydrogens (primary N) is 1. The molecule has 1 aliphatic heterocycles. The highest BCUT2D eigenvalue weighted by molar-refractivity contribution is 6.44. The molecule has 6 N–H and O–H groups in total. The third-order valence-corrected chi connectivity index (χ3v) is 10.6. The molecule has 14 heteroatoms. The first kappa shape index (κ1) is 39.4. The molecule has 0 aromatic heterocycles. The predicted octanol–water partition coefficient (Wildman–Crippen LogP) is 3.15. The summed E-state index contributed by atoms with van der Waals surface area (Å²) in [5.41, 5.74) is 6.22. The number of alkyl halides is 2. The molecule has 4 rings (SSSR count). The van der Waals surface area contributed by atoms with Crippen molar-refractivity contribution in [2.45, 2.75) is 121 Å². The van der Waals surface area contributed by atoms with Crippen molar-refractivity contribution in [1.29, 1.82) is 0 Å². The summed E-state index contributed by atoms with van der Waals surface area (Å²) in [7, 11) is 0. The van der Waals surface area contributed by atoms with Crippen molar-refractivity contribution in [3.63, 3.8) is 0 Å². The van der Waals surface area contributed by atoms with Gasteiger partial charge < -0.3 is 31.9 Å². The van der Waals surface area contributed by atoms with Crippen LogP contribution in [0.2, 0.25) is 0 Å². The van der Waals surface area contributed by atoms with E-state index in [1.165, 1.54) is 4.90 Å². The number of urea groups is 1. The van der Waals surface area contributed by atoms with Gasteiger partial charge in [0.05, 0.1) is 6.04 Å². The van der Waals surface area contributed by atoms with Crippen LogP contribution in [0.4, 0.5) is 4.79 Å². The number of Topliss-reactive ketones (excluding diaryl/α,β-unsaturated/α-hetero) is 1. The summed E-state index contributed by atoms with van der Waals surface area (Å²) < 4.78 is 0. The van der Waals surface area contributed by atoms with Crippen LogP contribution in [0.5, 0.6) is 0 Å². The Labute approximate surface area is 304 Å². The molecule has 1 unspecified atom stereocenters. The van der Waals surface area contributed by atoms with E-state index in [9.17, 15) is 28.8 Å². The lowest BCUT2D eigenvalue weighted by molar-refractivity contribution is -0.143. The quantitative estimate of drug-likeness (QED) is 0.163. The number of ketones is 1. The summed E-state index contributed by atoms with van der Waals surface area (Å²) in [6.45, 7) is 11.2. The van der Waals surface area contributed by atoms with E-state index in [0.29, 0.717) is 19.3 Å². The van der Waals surface area contributed by atoms with Gasteiger partial charge in [-0.3, -0.25) is 24.0 Å². The van der Waals surface area contributed by atoms with E-state index in [4.69, 9.17) is 28.9 Å². The Morgan fingerprint density at radius 3 is 1.98 bits per heavy atom. The van der Waals surface area contributed by atoms with Crippen molar-refractivity contribution in [1.82, 2.24) is 26.2 Å². The van der Waals surface area contributed by atoms with Gasteiger partial charge in [0.2, 0.25) is 23.5 Å². The van der Waals surface area contributed by atoms with Gasteiger partial charge >= 0.3 is 6.03 Å². The van der Waals surface area contributed by atoms with E-state index in [1.54, 1.807) is 0 Å². The number of likely N-dealkylation sites (tertiary alicyclic amines) is 1. The molecule has 2 fully saturated rings. The van der Waals surface area contributed by atoms with Crippen molar-refractivity contribution in [2.75, 3.05) is 6.54 Å². The average molecular weight is 736 g/mol. The van der Waals surface area contributed by atoms with E-state index in [1.807, 2.05) is 65.8 Å². The lowest BCUT2D eigenvalue weighted by Crippen LogP contribution is -2.63. The number of benzene rings is 1. The van der Waals surface area contributed by atoms with Crippen LogP contribution in [0.15, 0.2) is 24.3 Å². The smallest absolute Gasteiger partial charge is 0.316 e. The lowest BCUT2D eigenvalue weighted by atomic mass is 9.80. The number of carbonyl (C=O) groups excluding carboxylic acids is 6. The van der Waals surface area contributed by atoms with E-state index in [2.05, 4.69) is 21.3 Å². The Morgan fingerprint density at radius 2 is 1.50 bits per heavy atom. The minimum Gasteiger partial charge on any atom is -0.363 e. The maximum Gasteiger partial charge on any atom is 0.316 e. The van der Waals surface area contributed by atoms with E-state index in [0.717, 1.165) is 30.4 Å². The van der Waals surface area contributed by atoms with E-state index >= 15 is 0 Å². The number of nitrogens with zero attached hydrogens (tertiary/aromatic N) is 1. The van der Waals surface area contributed by atoms with E-state index < -0.39 is 75.4 Å². The van der Waals surface area contributed by atoms with Crippen LogP contribution in [-0.4, -0.2) is 81.4 Å². The van der Waals surface area contributed by atoms with Gasteiger partial charge in [0.1, 0.15) is 23.0 Å². The molecule has 6 amide bonds. The molecule has 2 aliphatic carbocycles. The number of hydrogen-bond donors (Lipinski definition) is 5. The second kappa shape index (κ2) is 15.9. The van der Waals surface area contributed by atoms with Gasteiger partial charge in [-0.25, -0.2) is 4.79 Å². The Bertz CT molecular complexity index is 1440. The average Bonchev–Trinajstić information content (AvgIpc) is 3.62. The molecule has 0 radical (unpaired) electrons. The van der Waals surface area contributed by atoms with Crippen molar-refractivity contribution < 1.29 is 28.8 Å². The minimum absolute atomic E-state index is 0.118. The number of nitrogens with one attached hydrogen (secondary N) is 4. The minimum atomic E-state index is -1.18. The van der Waals surface area contributed by atoms with Gasteiger partial charge in [-0.05, 0) is 74.8 Å². The highest BCUT2D eigenvalue weighted by atomic mass is 35.5. The molecule has 0 spiro atoms. The molecule has 1 saturated heterocycles. The topological polar surface area (TPSA) is 180 Å². The number of amides is 6. The fourth-order valence-corrected chi connectivity index (χ4v) is 7.73. The predicted molar refractivity (Wildman–Crippen MR) is 191 cm³/mol. The Hall–Kier alpha value is -3.38. The third-order valence-electron chi connectivity index (χ3n) is 10.00. The second-order valence-electron chi connectivity index (χ2n) is 16.2. The zero-order valence-electron chi connectivity index (χ0n) is 29.8. The molecule has 1 aromatic carbocycles. The molecule has 50 heavy (non-hydrogen) atoms. The van der Waals surface area contributed by atoms with Crippen molar-refractivity contribution in [2.24, 2.45) is 28.9 Å². The zero-order chi connectivity index (χ0) is 37.1. The maximum absolute atomic E-state index is 14.7. The molecule has 1 saturated carbocycles. The van der Waals surface area contributed by atoms with Gasteiger partial charge in [-0.15, -0.1) is 23.2 Å². The van der Waals surface area contributed by atoms with E-state index in [-0.39, 0.29) is 30.7 Å². The van der Waals surface area contributed by atoms with Crippen LogP contribution >= 0.6 is 23.2 Å². The van der Waals surface area contributed by atoms with Crippen LogP contribution in [0.3, 0.4) is 0 Å². The monoisotopic (exact) mass is 734 g/mol. The SMILES string of the molecule is CC(C)(C)NC(=O)[C@@H](NC(=O)N[C@H](C(=O)N1CC[C@H](C(Cl)Cl)[C@H]1C(=O)NC(CC1CCC1)C(=O)C(N)=O)C1Cc2ccccc2C1)C(C)(C)C. The van der Waals surface area contributed by atoms with Crippen LogP contribution < -0.4 is 27.0 Å². The zero-order valence-corrected chi connectivity index (χ0v) is 31.3. The standard InChI is InChI=1S/C36H52Cl2N6O6/c1-35(2,3)28(32(48)43-36(4,5)6)42-34(50)41-25(22-17-20-12-7-8-13-21(20)18-22)33(49)44-15-14-23(29(37)38)26(44)31(47)40-24(27(45)30(39)46)16-19-10-9-11-19/h7-8,12-13,19,22-26,28-29H,9-11,14-18H2,1-6H3,(H2,39,46)(H,40,47)(H,43,48)(H2,41,42,50)/t23-,24?,25-,26-,28+/m0/s1. The summed E-state index contributed by atoms with van der Waals surface area (Å²) in [4.78, 5) is 80.8. The fraction of sp³-hybridized carbons (Fsp3) is 0.667. The normalized spacial score (nSPS) is 21.4. The number of carbonyl (C=O) groups is 6. The maximum atomic E-state index is 14.7. The third kappa shape index (κ3) is 9.69. The highest BCUT2D eigenvalue weighted by Gasteiger charge is 2.49. The van der Waals surface area contributed by atoms with Crippen LogP contribution in [0, 0.1) is 23.2 Å².